The number of hydrogen-bond acceptors (Lipinski definition) is 3. The molecule has 27 heavy (non-hydrogen) atoms. The molecular formula is C20H21N5O2. The van der Waals surface area contributed by atoms with Crippen LogP contribution in [0.3, 0.4) is 0 Å². The van der Waals surface area contributed by atoms with E-state index in [-0.39, 0.29) is 11.8 Å². The fourth-order valence-corrected chi connectivity index (χ4v) is 3.41. The Morgan fingerprint density at radius 3 is 2.78 bits per heavy atom. The van der Waals surface area contributed by atoms with Crippen LogP contribution in [0.4, 0.5) is 5.69 Å². The standard InChI is InChI=1S/C20H21N5O2/c1-23-20(24-9-2-3-10-24)17(14-22-23)19(27)21-13-15-6-4-7-16(12-15)25-11-5-8-18(25)26/h2-4,6-7,9-10,12,14H,5,8,11,13H2,1H3,(H,21,27). The molecule has 0 radical (unpaired) electrons. The van der Waals surface area contributed by atoms with Crippen LogP contribution in [0.1, 0.15) is 28.8 Å². The number of carbonyl (C=O) groups excluding carboxylic acids is 2. The predicted molar refractivity (Wildman–Crippen MR) is 102 cm³/mol. The molecule has 2 aromatic heterocycles. The van der Waals surface area contributed by atoms with E-state index in [1.807, 2.05) is 60.4 Å². The lowest BCUT2D eigenvalue weighted by Crippen LogP contribution is -2.25. The number of benzene rings is 1. The van der Waals surface area contributed by atoms with Crippen molar-refractivity contribution < 1.29 is 9.59 Å². The van der Waals surface area contributed by atoms with Gasteiger partial charge in [-0.25, -0.2) is 0 Å². The Morgan fingerprint density at radius 1 is 1.22 bits per heavy atom. The molecule has 0 aliphatic carbocycles. The lowest BCUT2D eigenvalue weighted by molar-refractivity contribution is -0.117. The molecule has 1 aromatic carbocycles. The van der Waals surface area contributed by atoms with Gasteiger partial charge in [0.2, 0.25) is 5.91 Å². The number of nitrogens with one attached hydrogen (secondary N) is 1. The molecule has 1 saturated heterocycles. The summed E-state index contributed by atoms with van der Waals surface area (Å²) in [6.07, 6.45) is 6.83. The second-order valence-corrected chi connectivity index (χ2v) is 6.60. The van der Waals surface area contributed by atoms with Crippen LogP contribution in [-0.2, 0) is 18.4 Å². The van der Waals surface area contributed by atoms with Crippen molar-refractivity contribution >= 4 is 17.5 Å². The van der Waals surface area contributed by atoms with Crippen molar-refractivity contribution in [3.05, 3.63) is 66.1 Å². The summed E-state index contributed by atoms with van der Waals surface area (Å²) in [5, 5.41) is 7.17. The minimum Gasteiger partial charge on any atom is -0.348 e. The first-order valence-electron chi connectivity index (χ1n) is 8.96. The maximum Gasteiger partial charge on any atom is 0.256 e. The fourth-order valence-electron chi connectivity index (χ4n) is 3.41. The molecule has 1 fully saturated rings. The van der Waals surface area contributed by atoms with Crippen molar-refractivity contribution in [3.8, 4) is 5.82 Å². The van der Waals surface area contributed by atoms with Crippen molar-refractivity contribution in [2.45, 2.75) is 19.4 Å². The quantitative estimate of drug-likeness (QED) is 0.756. The third-order valence-corrected chi connectivity index (χ3v) is 4.75. The van der Waals surface area contributed by atoms with Gasteiger partial charge in [0.1, 0.15) is 11.4 Å². The second kappa shape index (κ2) is 7.11. The molecule has 3 heterocycles. The maximum atomic E-state index is 12.7. The van der Waals surface area contributed by atoms with Gasteiger partial charge in [0.25, 0.3) is 5.91 Å². The lowest BCUT2D eigenvalue weighted by atomic mass is 10.2. The number of aryl methyl sites for hydroxylation is 1. The summed E-state index contributed by atoms with van der Waals surface area (Å²) in [7, 11) is 1.81. The van der Waals surface area contributed by atoms with E-state index >= 15 is 0 Å². The van der Waals surface area contributed by atoms with Gasteiger partial charge < -0.3 is 14.8 Å². The third kappa shape index (κ3) is 3.36. The molecule has 0 saturated carbocycles. The number of nitrogens with zero attached hydrogens (tertiary/aromatic N) is 4. The Bertz CT molecular complexity index is 974. The van der Waals surface area contributed by atoms with Crippen LogP contribution in [0.2, 0.25) is 0 Å². The molecule has 0 unspecified atom stereocenters. The minimum absolute atomic E-state index is 0.155. The molecule has 3 aromatic rings. The van der Waals surface area contributed by atoms with Gasteiger partial charge in [0, 0.05) is 44.6 Å². The van der Waals surface area contributed by atoms with Crippen molar-refractivity contribution in [1.29, 1.82) is 0 Å². The maximum absolute atomic E-state index is 12.7. The number of hydrogen-bond donors (Lipinski definition) is 1. The summed E-state index contributed by atoms with van der Waals surface area (Å²) in [5.74, 6) is 0.686. The fraction of sp³-hybridized carbons (Fsp3) is 0.250. The zero-order chi connectivity index (χ0) is 18.8. The van der Waals surface area contributed by atoms with E-state index in [9.17, 15) is 9.59 Å². The normalized spacial score (nSPS) is 14.0. The van der Waals surface area contributed by atoms with Gasteiger partial charge in [-0.3, -0.25) is 14.3 Å². The smallest absolute Gasteiger partial charge is 0.256 e. The average Bonchev–Trinajstić information content (AvgIpc) is 3.40. The van der Waals surface area contributed by atoms with Crippen LogP contribution >= 0.6 is 0 Å². The monoisotopic (exact) mass is 363 g/mol. The first-order chi connectivity index (χ1) is 13.1. The van der Waals surface area contributed by atoms with E-state index in [0.29, 0.717) is 24.3 Å². The third-order valence-electron chi connectivity index (χ3n) is 4.75. The summed E-state index contributed by atoms with van der Waals surface area (Å²) in [5.41, 5.74) is 2.35. The van der Waals surface area contributed by atoms with Crippen LogP contribution in [0, 0.1) is 0 Å². The highest BCUT2D eigenvalue weighted by molar-refractivity contribution is 5.97. The molecule has 0 atom stereocenters. The van der Waals surface area contributed by atoms with Crippen LogP contribution in [0.25, 0.3) is 5.82 Å². The summed E-state index contributed by atoms with van der Waals surface area (Å²) >= 11 is 0. The Kier molecular flexibility index (Phi) is 4.50. The summed E-state index contributed by atoms with van der Waals surface area (Å²) in [6.45, 7) is 1.14. The van der Waals surface area contributed by atoms with Gasteiger partial charge in [-0.2, -0.15) is 5.10 Å². The van der Waals surface area contributed by atoms with Crippen molar-refractivity contribution in [3.63, 3.8) is 0 Å². The van der Waals surface area contributed by atoms with Gasteiger partial charge in [-0.15, -0.1) is 0 Å². The highest BCUT2D eigenvalue weighted by atomic mass is 16.2. The second-order valence-electron chi connectivity index (χ2n) is 6.60. The zero-order valence-electron chi connectivity index (χ0n) is 15.1. The van der Waals surface area contributed by atoms with Crippen LogP contribution in [0.5, 0.6) is 0 Å². The molecule has 4 rings (SSSR count). The number of carbonyl (C=O) groups is 2. The summed E-state index contributed by atoms with van der Waals surface area (Å²) in [6, 6.07) is 11.6. The van der Waals surface area contributed by atoms with Crippen molar-refractivity contribution in [1.82, 2.24) is 19.7 Å². The van der Waals surface area contributed by atoms with Gasteiger partial charge in [-0.05, 0) is 36.2 Å². The molecule has 7 heteroatoms. The molecule has 0 spiro atoms. The first kappa shape index (κ1) is 17.1. The Labute approximate surface area is 157 Å². The molecule has 7 nitrogen and oxygen atoms in total. The topological polar surface area (TPSA) is 72.2 Å². The van der Waals surface area contributed by atoms with E-state index in [2.05, 4.69) is 10.4 Å². The Morgan fingerprint density at radius 2 is 2.04 bits per heavy atom. The number of anilines is 1. The van der Waals surface area contributed by atoms with Crippen molar-refractivity contribution in [2.24, 2.45) is 7.05 Å². The van der Waals surface area contributed by atoms with E-state index in [1.165, 1.54) is 0 Å². The van der Waals surface area contributed by atoms with Gasteiger partial charge in [0.15, 0.2) is 0 Å². The molecule has 1 N–H and O–H groups in total. The van der Waals surface area contributed by atoms with E-state index < -0.39 is 0 Å². The SMILES string of the molecule is Cn1ncc(C(=O)NCc2cccc(N3CCCC3=O)c2)c1-n1cccc1. The molecule has 2 amide bonds. The van der Waals surface area contributed by atoms with E-state index in [1.54, 1.807) is 15.8 Å². The Balaban J connectivity index is 1.49. The van der Waals surface area contributed by atoms with E-state index in [4.69, 9.17) is 0 Å². The number of aromatic nitrogens is 3. The molecule has 1 aliphatic rings. The first-order valence-corrected chi connectivity index (χ1v) is 8.96. The Hall–Kier alpha value is -3.35. The lowest BCUT2D eigenvalue weighted by Gasteiger charge is -2.16. The highest BCUT2D eigenvalue weighted by Crippen LogP contribution is 2.22. The van der Waals surface area contributed by atoms with Crippen LogP contribution in [-0.4, -0.2) is 32.7 Å². The van der Waals surface area contributed by atoms with Gasteiger partial charge >= 0.3 is 0 Å². The zero-order valence-corrected chi connectivity index (χ0v) is 15.1. The highest BCUT2D eigenvalue weighted by Gasteiger charge is 2.22. The molecule has 0 bridgehead atoms. The van der Waals surface area contributed by atoms with Gasteiger partial charge in [-0.1, -0.05) is 12.1 Å². The van der Waals surface area contributed by atoms with Crippen molar-refractivity contribution in [2.75, 3.05) is 11.4 Å². The number of amides is 2. The largest absolute Gasteiger partial charge is 0.348 e. The molecular weight excluding hydrogens is 342 g/mol. The minimum atomic E-state index is -0.186. The average molecular weight is 363 g/mol. The number of rotatable bonds is 5. The summed E-state index contributed by atoms with van der Waals surface area (Å²) in [4.78, 5) is 26.4. The van der Waals surface area contributed by atoms with Crippen LogP contribution in [0.15, 0.2) is 55.0 Å². The molecule has 1 aliphatic heterocycles. The van der Waals surface area contributed by atoms with Gasteiger partial charge in [0.05, 0.1) is 6.20 Å². The summed E-state index contributed by atoms with van der Waals surface area (Å²) < 4.78 is 3.54. The predicted octanol–water partition coefficient (Wildman–Crippen LogP) is 2.27. The van der Waals surface area contributed by atoms with E-state index in [0.717, 1.165) is 24.2 Å². The molecule has 138 valence electrons. The van der Waals surface area contributed by atoms with Crippen LogP contribution < -0.4 is 10.2 Å².